The minimum absolute atomic E-state index is 0.0374. The van der Waals surface area contributed by atoms with Gasteiger partial charge in [0.05, 0.1) is 24.4 Å². The molecule has 0 saturated carbocycles. The van der Waals surface area contributed by atoms with Crippen molar-refractivity contribution in [2.75, 3.05) is 36.6 Å². The number of aromatic amines is 1. The molecule has 11 nitrogen and oxygen atoms in total. The number of H-pyrrole nitrogens is 1. The number of morpholine rings is 1. The number of aromatic nitrogens is 4. The molecule has 1 aliphatic rings. The Balaban J connectivity index is 1.78. The van der Waals surface area contributed by atoms with Gasteiger partial charge in [-0.3, -0.25) is 10.1 Å². The molecule has 11 heteroatoms. The summed E-state index contributed by atoms with van der Waals surface area (Å²) in [4.78, 5) is 12.9. The summed E-state index contributed by atoms with van der Waals surface area (Å²) in [6.45, 7) is 2.39. The number of anilines is 2. The van der Waals surface area contributed by atoms with Gasteiger partial charge in [0.25, 0.3) is 11.6 Å². The van der Waals surface area contributed by atoms with Crippen molar-refractivity contribution in [2.45, 2.75) is 0 Å². The lowest BCUT2D eigenvalue weighted by Gasteiger charge is -2.28. The number of hydrogen-bond acceptors (Lipinski definition) is 9. The summed E-state index contributed by atoms with van der Waals surface area (Å²) in [5.74, 6) is 0.209. The molecule has 0 atom stereocenters. The maximum Gasteiger partial charge on any atom is 0.293 e. The molecule has 23 heavy (non-hydrogen) atoms. The molecule has 0 radical (unpaired) electrons. The standard InChI is InChI=1S/C12H14N8O3/c21-20(22)11-7-9(8-13-14-12-15-17-18-16-12)1-2-10(11)19-3-5-23-6-4-19/h1-2,7-8H,3-6H2,(H2,14,15,16,17,18)/b13-8+. The first-order valence-electron chi connectivity index (χ1n) is 6.88. The van der Waals surface area contributed by atoms with Crippen LogP contribution in [-0.4, -0.2) is 58.1 Å². The highest BCUT2D eigenvalue weighted by Gasteiger charge is 2.21. The Morgan fingerprint density at radius 2 is 2.26 bits per heavy atom. The second-order valence-electron chi connectivity index (χ2n) is 4.71. The smallest absolute Gasteiger partial charge is 0.293 e. The minimum atomic E-state index is -0.394. The first-order chi connectivity index (χ1) is 11.2. The van der Waals surface area contributed by atoms with E-state index in [1.54, 1.807) is 12.1 Å². The summed E-state index contributed by atoms with van der Waals surface area (Å²) in [7, 11) is 0. The summed E-state index contributed by atoms with van der Waals surface area (Å²) in [6, 6.07) is 4.96. The fraction of sp³-hybridized carbons (Fsp3) is 0.333. The number of nitrogens with one attached hydrogen (secondary N) is 2. The highest BCUT2D eigenvalue weighted by atomic mass is 16.6. The molecule has 2 aromatic rings. The van der Waals surface area contributed by atoms with Crippen LogP contribution in [0.15, 0.2) is 23.3 Å². The van der Waals surface area contributed by atoms with E-state index in [1.807, 2.05) is 4.90 Å². The molecule has 2 N–H and O–H groups in total. The van der Waals surface area contributed by atoms with Crippen LogP contribution in [-0.2, 0) is 4.74 Å². The molecule has 0 unspecified atom stereocenters. The van der Waals surface area contributed by atoms with E-state index in [-0.39, 0.29) is 11.6 Å². The van der Waals surface area contributed by atoms with Crippen LogP contribution in [0.2, 0.25) is 0 Å². The molecule has 2 heterocycles. The molecule has 1 saturated heterocycles. The third kappa shape index (κ3) is 3.58. The van der Waals surface area contributed by atoms with E-state index >= 15 is 0 Å². The molecular weight excluding hydrogens is 304 g/mol. The van der Waals surface area contributed by atoms with Gasteiger partial charge in [-0.1, -0.05) is 11.2 Å². The van der Waals surface area contributed by atoms with E-state index in [4.69, 9.17) is 4.74 Å². The van der Waals surface area contributed by atoms with Gasteiger partial charge in [-0.05, 0) is 11.3 Å². The highest BCUT2D eigenvalue weighted by molar-refractivity contribution is 5.83. The van der Waals surface area contributed by atoms with Gasteiger partial charge < -0.3 is 9.64 Å². The molecule has 1 aromatic carbocycles. The predicted octanol–water partition coefficient (Wildman–Crippen LogP) is 0.390. The predicted molar refractivity (Wildman–Crippen MR) is 81.5 cm³/mol. The molecule has 3 rings (SSSR count). The minimum Gasteiger partial charge on any atom is -0.378 e. The Hall–Kier alpha value is -3.08. The Morgan fingerprint density at radius 3 is 2.96 bits per heavy atom. The summed E-state index contributed by atoms with van der Waals surface area (Å²) >= 11 is 0. The fourth-order valence-corrected chi connectivity index (χ4v) is 2.21. The number of nitrogens with zero attached hydrogens (tertiary/aromatic N) is 6. The van der Waals surface area contributed by atoms with Gasteiger partial charge in [0, 0.05) is 24.7 Å². The van der Waals surface area contributed by atoms with E-state index in [0.717, 1.165) is 0 Å². The fourth-order valence-electron chi connectivity index (χ4n) is 2.21. The number of nitro groups is 1. The second kappa shape index (κ2) is 6.79. The van der Waals surface area contributed by atoms with Crippen molar-refractivity contribution in [1.82, 2.24) is 20.6 Å². The number of hydrogen-bond donors (Lipinski definition) is 2. The van der Waals surface area contributed by atoms with Crippen molar-refractivity contribution in [2.24, 2.45) is 5.10 Å². The summed E-state index contributed by atoms with van der Waals surface area (Å²) < 4.78 is 5.27. The molecule has 0 aliphatic carbocycles. The van der Waals surface area contributed by atoms with Gasteiger partial charge >= 0.3 is 0 Å². The van der Waals surface area contributed by atoms with Crippen molar-refractivity contribution in [3.8, 4) is 0 Å². The maximum atomic E-state index is 11.3. The number of tetrazole rings is 1. The third-order valence-corrected chi connectivity index (χ3v) is 3.27. The van der Waals surface area contributed by atoms with Crippen molar-refractivity contribution >= 4 is 23.5 Å². The van der Waals surface area contributed by atoms with E-state index in [2.05, 4.69) is 31.2 Å². The zero-order valence-corrected chi connectivity index (χ0v) is 12.0. The monoisotopic (exact) mass is 318 g/mol. The largest absolute Gasteiger partial charge is 0.378 e. The van der Waals surface area contributed by atoms with E-state index in [9.17, 15) is 10.1 Å². The topological polar surface area (TPSA) is 134 Å². The number of ether oxygens (including phenoxy) is 1. The van der Waals surface area contributed by atoms with Gasteiger partial charge in [-0.2, -0.15) is 10.3 Å². The summed E-state index contributed by atoms with van der Waals surface area (Å²) in [5, 5.41) is 28.2. The molecule has 1 fully saturated rings. The van der Waals surface area contributed by atoms with Crippen LogP contribution >= 0.6 is 0 Å². The van der Waals surface area contributed by atoms with E-state index in [0.29, 0.717) is 37.6 Å². The Bertz CT molecular complexity index is 696. The molecule has 0 bridgehead atoms. The van der Waals surface area contributed by atoms with E-state index in [1.165, 1.54) is 12.3 Å². The zero-order valence-electron chi connectivity index (χ0n) is 12.0. The molecular formula is C12H14N8O3. The lowest BCUT2D eigenvalue weighted by Crippen LogP contribution is -2.36. The molecule has 120 valence electrons. The number of benzene rings is 1. The number of hydrazone groups is 1. The molecule has 1 aliphatic heterocycles. The van der Waals surface area contributed by atoms with Gasteiger partial charge in [0.15, 0.2) is 0 Å². The van der Waals surface area contributed by atoms with Gasteiger partial charge in [-0.25, -0.2) is 5.43 Å². The summed E-state index contributed by atoms with van der Waals surface area (Å²) in [5.41, 5.74) is 3.77. The Morgan fingerprint density at radius 1 is 1.43 bits per heavy atom. The Kier molecular flexibility index (Phi) is 4.38. The van der Waals surface area contributed by atoms with Crippen molar-refractivity contribution in [3.63, 3.8) is 0 Å². The lowest BCUT2D eigenvalue weighted by molar-refractivity contribution is -0.384. The normalized spacial score (nSPS) is 15.0. The highest BCUT2D eigenvalue weighted by Crippen LogP contribution is 2.29. The van der Waals surface area contributed by atoms with Crippen LogP contribution in [0, 0.1) is 10.1 Å². The van der Waals surface area contributed by atoms with Crippen LogP contribution in [0.3, 0.4) is 0 Å². The van der Waals surface area contributed by atoms with Crippen LogP contribution in [0.4, 0.5) is 17.3 Å². The average molecular weight is 318 g/mol. The van der Waals surface area contributed by atoms with E-state index < -0.39 is 4.92 Å². The van der Waals surface area contributed by atoms with Crippen molar-refractivity contribution in [3.05, 3.63) is 33.9 Å². The molecule has 0 amide bonds. The molecule has 0 spiro atoms. The quantitative estimate of drug-likeness (QED) is 0.459. The number of nitro benzene ring substituents is 1. The van der Waals surface area contributed by atoms with Crippen LogP contribution in [0.1, 0.15) is 5.56 Å². The average Bonchev–Trinajstić information content (AvgIpc) is 3.09. The van der Waals surface area contributed by atoms with Gasteiger partial charge in [0.1, 0.15) is 5.69 Å². The Labute approximate surface area is 130 Å². The van der Waals surface area contributed by atoms with Gasteiger partial charge in [0.2, 0.25) is 0 Å². The lowest BCUT2D eigenvalue weighted by atomic mass is 10.1. The van der Waals surface area contributed by atoms with Crippen molar-refractivity contribution < 1.29 is 9.66 Å². The van der Waals surface area contributed by atoms with Crippen LogP contribution < -0.4 is 10.3 Å². The van der Waals surface area contributed by atoms with Crippen molar-refractivity contribution in [1.29, 1.82) is 0 Å². The SMILES string of the molecule is O=[N+]([O-])c1cc(/C=N/Nc2nn[nH]n2)ccc1N1CCOCC1. The number of rotatable bonds is 5. The van der Waals surface area contributed by atoms with Crippen LogP contribution in [0.5, 0.6) is 0 Å². The molecule has 1 aromatic heterocycles. The third-order valence-electron chi connectivity index (χ3n) is 3.27. The van der Waals surface area contributed by atoms with Crippen LogP contribution in [0.25, 0.3) is 0 Å². The maximum absolute atomic E-state index is 11.3. The van der Waals surface area contributed by atoms with Gasteiger partial charge in [-0.15, -0.1) is 5.10 Å². The zero-order chi connectivity index (χ0) is 16.1. The summed E-state index contributed by atoms with van der Waals surface area (Å²) in [6.07, 6.45) is 1.45. The second-order valence-corrected chi connectivity index (χ2v) is 4.71. The first-order valence-corrected chi connectivity index (χ1v) is 6.88. The first kappa shape index (κ1) is 14.8.